The summed E-state index contributed by atoms with van der Waals surface area (Å²) in [5, 5.41) is 0. The predicted molar refractivity (Wildman–Crippen MR) is 260 cm³/mol. The van der Waals surface area contributed by atoms with E-state index in [-0.39, 0.29) is 16.2 Å². The lowest BCUT2D eigenvalue weighted by Gasteiger charge is -2.66. The first-order valence-electron chi connectivity index (χ1n) is 24.4. The van der Waals surface area contributed by atoms with E-state index in [1.807, 2.05) is 0 Å². The van der Waals surface area contributed by atoms with Crippen LogP contribution in [0.25, 0.3) is 11.1 Å². The summed E-state index contributed by atoms with van der Waals surface area (Å²) < 4.78 is 7.02. The maximum absolute atomic E-state index is 7.02. The molecule has 7 aromatic carbocycles. The molecule has 0 aromatic heterocycles. The smallest absolute Gasteiger partial charge is 0.131 e. The van der Waals surface area contributed by atoms with Crippen molar-refractivity contribution in [3.05, 3.63) is 208 Å². The average Bonchev–Trinajstić information content (AvgIpc) is 3.85. The monoisotopic (exact) mass is 831 g/mol. The molecule has 4 unspecified atom stereocenters. The minimum atomic E-state index is -0.490. The fourth-order valence-electron chi connectivity index (χ4n) is 16.2. The van der Waals surface area contributed by atoms with E-state index < -0.39 is 5.41 Å². The highest BCUT2D eigenvalue weighted by molar-refractivity contribution is 5.90. The zero-order chi connectivity index (χ0) is 42.8. The molecule has 2 spiro atoms. The van der Waals surface area contributed by atoms with Crippen molar-refractivity contribution in [3.8, 4) is 22.6 Å². The number of fused-ring (bicyclic) bond motifs is 12. The van der Waals surface area contributed by atoms with Crippen molar-refractivity contribution in [1.29, 1.82) is 0 Å². The fraction of sp³-hybridized carbons (Fsp3) is 0.323. The Balaban J connectivity index is 1.02. The minimum Gasteiger partial charge on any atom is -0.457 e. The Hall–Kier alpha value is -5.86. The van der Waals surface area contributed by atoms with Crippen molar-refractivity contribution in [1.82, 2.24) is 0 Å². The van der Waals surface area contributed by atoms with Gasteiger partial charge in [0.25, 0.3) is 0 Å². The third-order valence-corrected chi connectivity index (χ3v) is 18.6. The quantitative estimate of drug-likeness (QED) is 0.171. The average molecular weight is 832 g/mol. The molecule has 1 heterocycles. The lowest BCUT2D eigenvalue weighted by Crippen LogP contribution is -2.64. The van der Waals surface area contributed by atoms with Gasteiger partial charge >= 0.3 is 0 Å². The van der Waals surface area contributed by atoms with Crippen LogP contribution >= 0.6 is 0 Å². The molecule has 0 radical (unpaired) electrons. The molecule has 6 aliphatic carbocycles. The van der Waals surface area contributed by atoms with Gasteiger partial charge in [-0.2, -0.15) is 0 Å². The molecule has 0 amide bonds. The molecule has 1 aliphatic heterocycles. The second-order valence-corrected chi connectivity index (χ2v) is 22.4. The van der Waals surface area contributed by atoms with Gasteiger partial charge in [-0.25, -0.2) is 0 Å². The molecule has 2 nitrogen and oxygen atoms in total. The minimum absolute atomic E-state index is 0.0208. The Morgan fingerprint density at radius 1 is 0.438 bits per heavy atom. The lowest BCUT2D eigenvalue weighted by molar-refractivity contribution is -0.0882. The van der Waals surface area contributed by atoms with E-state index in [1.54, 1.807) is 0 Å². The molecule has 4 atom stereocenters. The molecule has 64 heavy (non-hydrogen) atoms. The molecule has 7 aromatic rings. The SMILES string of the molecule is CC1(C)CCC(C)(C)c2cc(N(c3ccc4c(c3)C(c3ccccc3)(c3ccccc3)c3ccccc3-4)c3ccc4c(c3)C3(c5ccccc5O4)C4CC5CC6CC3C4(C5)C6)ccc21. The van der Waals surface area contributed by atoms with E-state index >= 15 is 0 Å². The first-order chi connectivity index (χ1) is 31.1. The number of ether oxygens (including phenoxy) is 1. The summed E-state index contributed by atoms with van der Waals surface area (Å²) >= 11 is 0. The van der Waals surface area contributed by atoms with Crippen molar-refractivity contribution >= 4 is 17.1 Å². The normalized spacial score (nSPS) is 28.2. The van der Waals surface area contributed by atoms with E-state index in [0.717, 1.165) is 23.3 Å². The lowest BCUT2D eigenvalue weighted by atomic mass is 9.37. The van der Waals surface area contributed by atoms with Crippen molar-refractivity contribution < 1.29 is 4.74 Å². The van der Waals surface area contributed by atoms with Crippen LogP contribution in [0.5, 0.6) is 11.5 Å². The van der Waals surface area contributed by atoms with Gasteiger partial charge in [-0.1, -0.05) is 143 Å². The van der Waals surface area contributed by atoms with Crippen LogP contribution in [0.15, 0.2) is 164 Å². The maximum Gasteiger partial charge on any atom is 0.131 e. The van der Waals surface area contributed by atoms with Gasteiger partial charge in [-0.15, -0.1) is 0 Å². The number of benzene rings is 7. The summed E-state index contributed by atoms with van der Waals surface area (Å²) in [6.07, 6.45) is 9.41. The summed E-state index contributed by atoms with van der Waals surface area (Å²) in [6, 6.07) is 63.0. The second-order valence-electron chi connectivity index (χ2n) is 22.4. The van der Waals surface area contributed by atoms with E-state index in [0.29, 0.717) is 17.3 Å². The molecule has 14 rings (SSSR count). The number of anilines is 3. The van der Waals surface area contributed by atoms with Gasteiger partial charge in [0.05, 0.1) is 5.41 Å². The predicted octanol–water partition coefficient (Wildman–Crippen LogP) is 15.7. The fourth-order valence-corrected chi connectivity index (χ4v) is 16.2. The Labute approximate surface area is 379 Å². The number of nitrogens with zero attached hydrogens (tertiary/aromatic N) is 1. The standard InChI is InChI=1S/C62H57NO/c1-58(2)29-30-59(3,4)52-35-44(24-27-49(52)58)63(43-23-26-47-46-19-11-12-20-48(46)61(51(47)34-43,41-15-7-5-8-16-41)42-17-9-6-10-18-42)45-25-28-55-53(36-45)62(50-21-13-14-22-54(50)64-55)56-32-39-31-40-33-57(62)60(56,37-39)38-40/h5-28,34-36,39-40,56-57H,29-33,37-38H2,1-4H3. The number of hydrogen-bond donors (Lipinski definition) is 0. The van der Waals surface area contributed by atoms with E-state index in [9.17, 15) is 0 Å². The zero-order valence-corrected chi connectivity index (χ0v) is 37.7. The van der Waals surface area contributed by atoms with Gasteiger partial charge in [0, 0.05) is 33.6 Å². The Morgan fingerprint density at radius 2 is 0.953 bits per heavy atom. The topological polar surface area (TPSA) is 12.5 Å². The van der Waals surface area contributed by atoms with Gasteiger partial charge in [0.15, 0.2) is 0 Å². The highest BCUT2D eigenvalue weighted by Crippen LogP contribution is 2.85. The summed E-state index contributed by atoms with van der Waals surface area (Å²) in [5.41, 5.74) is 17.5. The van der Waals surface area contributed by atoms with Crippen LogP contribution in [0.3, 0.4) is 0 Å². The number of rotatable bonds is 5. The molecule has 0 N–H and O–H groups in total. The number of para-hydroxylation sites is 1. The van der Waals surface area contributed by atoms with Crippen molar-refractivity contribution in [2.24, 2.45) is 29.1 Å². The van der Waals surface area contributed by atoms with Gasteiger partial charge in [0.2, 0.25) is 0 Å². The second kappa shape index (κ2) is 12.7. The molecule has 2 heteroatoms. The van der Waals surface area contributed by atoms with Crippen LogP contribution in [-0.2, 0) is 21.7 Å². The number of hydrogen-bond acceptors (Lipinski definition) is 2. The molecule has 0 saturated heterocycles. The van der Waals surface area contributed by atoms with Gasteiger partial charge < -0.3 is 9.64 Å². The summed E-state index contributed by atoms with van der Waals surface area (Å²) in [4.78, 5) is 2.61. The van der Waals surface area contributed by atoms with Crippen molar-refractivity contribution in [2.45, 2.75) is 94.3 Å². The van der Waals surface area contributed by atoms with Crippen LogP contribution in [0, 0.1) is 29.1 Å². The summed E-state index contributed by atoms with van der Waals surface area (Å²) in [7, 11) is 0. The first-order valence-corrected chi connectivity index (χ1v) is 24.4. The maximum atomic E-state index is 7.02. The van der Waals surface area contributed by atoms with Gasteiger partial charge in [-0.05, 0) is 178 Å². The molecule has 3 bridgehead atoms. The molecule has 7 aliphatic rings. The molecular weight excluding hydrogens is 775 g/mol. The first kappa shape index (κ1) is 37.5. The highest BCUT2D eigenvalue weighted by Gasteiger charge is 2.79. The Kier molecular flexibility index (Phi) is 7.44. The van der Waals surface area contributed by atoms with E-state index in [4.69, 9.17) is 4.74 Å². The van der Waals surface area contributed by atoms with E-state index in [2.05, 4.69) is 196 Å². The summed E-state index contributed by atoms with van der Waals surface area (Å²) in [6.45, 7) is 9.81. The third-order valence-electron chi connectivity index (χ3n) is 18.6. The largest absolute Gasteiger partial charge is 0.457 e. The van der Waals surface area contributed by atoms with Gasteiger partial charge in [-0.3, -0.25) is 0 Å². The van der Waals surface area contributed by atoms with Crippen molar-refractivity contribution in [3.63, 3.8) is 0 Å². The highest BCUT2D eigenvalue weighted by atomic mass is 16.5. The van der Waals surface area contributed by atoms with Crippen LogP contribution in [-0.4, -0.2) is 0 Å². The molecule has 4 fully saturated rings. The Bertz CT molecular complexity index is 3000. The molecular formula is C62H57NO. The summed E-state index contributed by atoms with van der Waals surface area (Å²) in [5.74, 6) is 5.22. The zero-order valence-electron chi connectivity index (χ0n) is 37.7. The molecule has 316 valence electrons. The van der Waals surface area contributed by atoms with Crippen LogP contribution in [0.2, 0.25) is 0 Å². The van der Waals surface area contributed by atoms with E-state index in [1.165, 1.54) is 118 Å². The van der Waals surface area contributed by atoms with Crippen LogP contribution < -0.4 is 9.64 Å². The Morgan fingerprint density at radius 3 is 1.64 bits per heavy atom. The van der Waals surface area contributed by atoms with Gasteiger partial charge in [0.1, 0.15) is 11.5 Å². The van der Waals surface area contributed by atoms with Crippen LogP contribution in [0.1, 0.15) is 117 Å². The van der Waals surface area contributed by atoms with Crippen LogP contribution in [0.4, 0.5) is 17.1 Å². The third kappa shape index (κ3) is 4.62. The van der Waals surface area contributed by atoms with Crippen molar-refractivity contribution in [2.75, 3.05) is 4.90 Å². The molecule has 4 saturated carbocycles.